The summed E-state index contributed by atoms with van der Waals surface area (Å²) in [7, 11) is 0. The quantitative estimate of drug-likeness (QED) is 0.522. The van der Waals surface area contributed by atoms with E-state index in [1.54, 1.807) is 18.2 Å². The molecule has 0 spiro atoms. The minimum Gasteiger partial charge on any atom is -0.322 e. The Morgan fingerprint density at radius 3 is 2.45 bits per heavy atom. The van der Waals surface area contributed by atoms with Crippen LogP contribution in [0.4, 0.5) is 10.1 Å². The zero-order valence-electron chi connectivity index (χ0n) is 16.5. The number of aromatic nitrogens is 3. The number of para-hydroxylation sites is 1. The molecular weight excluding hydrogens is 399 g/mol. The molecule has 0 atom stereocenters. The van der Waals surface area contributed by atoms with Crippen molar-refractivity contribution in [2.24, 2.45) is 0 Å². The Hall–Kier alpha value is -4.07. The van der Waals surface area contributed by atoms with E-state index in [9.17, 15) is 18.8 Å². The second-order valence-electron chi connectivity index (χ2n) is 6.96. The second-order valence-corrected chi connectivity index (χ2v) is 6.96. The normalized spacial score (nSPS) is 10.9. The fourth-order valence-corrected chi connectivity index (χ4v) is 3.37. The summed E-state index contributed by atoms with van der Waals surface area (Å²) in [4.78, 5) is 42.7. The fraction of sp³-hybridized carbons (Fsp3) is 0.130. The van der Waals surface area contributed by atoms with Crippen LogP contribution in [-0.4, -0.2) is 20.0 Å². The molecule has 2 aromatic heterocycles. The molecule has 8 heteroatoms. The van der Waals surface area contributed by atoms with E-state index in [2.05, 4.69) is 10.3 Å². The van der Waals surface area contributed by atoms with Crippen molar-refractivity contribution in [3.8, 4) is 0 Å². The van der Waals surface area contributed by atoms with Crippen LogP contribution < -0.4 is 16.6 Å². The van der Waals surface area contributed by atoms with Gasteiger partial charge in [-0.05, 0) is 36.2 Å². The fourth-order valence-electron chi connectivity index (χ4n) is 3.37. The molecule has 2 heterocycles. The molecule has 0 bridgehead atoms. The Morgan fingerprint density at radius 2 is 1.68 bits per heavy atom. The number of benzene rings is 2. The van der Waals surface area contributed by atoms with Crippen LogP contribution in [0.3, 0.4) is 0 Å². The first-order valence-electron chi connectivity index (χ1n) is 9.71. The number of pyridine rings is 1. The van der Waals surface area contributed by atoms with Crippen molar-refractivity contribution in [2.45, 2.75) is 19.5 Å². The van der Waals surface area contributed by atoms with Gasteiger partial charge in [0.1, 0.15) is 12.4 Å². The van der Waals surface area contributed by atoms with Gasteiger partial charge in [-0.2, -0.15) is 0 Å². The van der Waals surface area contributed by atoms with E-state index in [1.165, 1.54) is 29.0 Å². The molecule has 0 unspecified atom stereocenters. The topological polar surface area (TPSA) is 86.0 Å². The molecular formula is C23H19FN4O3. The molecule has 4 rings (SSSR count). The van der Waals surface area contributed by atoms with Crippen LogP contribution in [0.5, 0.6) is 0 Å². The van der Waals surface area contributed by atoms with Gasteiger partial charge >= 0.3 is 5.69 Å². The Balaban J connectivity index is 1.70. The van der Waals surface area contributed by atoms with Crippen LogP contribution in [0, 0.1) is 5.82 Å². The highest BCUT2D eigenvalue weighted by Gasteiger charge is 2.17. The summed E-state index contributed by atoms with van der Waals surface area (Å²) < 4.78 is 16.1. The molecule has 1 N–H and O–H groups in total. The summed E-state index contributed by atoms with van der Waals surface area (Å²) in [5.74, 6) is -1.17. The summed E-state index contributed by atoms with van der Waals surface area (Å²) in [5.41, 5.74) is 0.192. The van der Waals surface area contributed by atoms with Gasteiger partial charge in [0.2, 0.25) is 5.91 Å². The summed E-state index contributed by atoms with van der Waals surface area (Å²) in [5, 5.41) is 2.46. The molecule has 1 amide bonds. The Bertz CT molecular complexity index is 1360. The summed E-state index contributed by atoms with van der Waals surface area (Å²) in [6.07, 6.45) is 1.93. The van der Waals surface area contributed by atoms with Gasteiger partial charge in [0.15, 0.2) is 5.52 Å². The maximum atomic E-state index is 13.9. The van der Waals surface area contributed by atoms with Gasteiger partial charge in [0.05, 0.1) is 11.2 Å². The lowest BCUT2D eigenvalue weighted by atomic mass is 10.1. The van der Waals surface area contributed by atoms with Crippen molar-refractivity contribution >= 4 is 22.6 Å². The van der Waals surface area contributed by atoms with Gasteiger partial charge in [-0.1, -0.05) is 42.5 Å². The van der Waals surface area contributed by atoms with Crippen LogP contribution in [0.1, 0.15) is 5.56 Å². The third kappa shape index (κ3) is 4.28. The van der Waals surface area contributed by atoms with Crippen molar-refractivity contribution < 1.29 is 9.18 Å². The number of nitrogens with zero attached hydrogens (tertiary/aromatic N) is 3. The maximum absolute atomic E-state index is 13.9. The summed E-state index contributed by atoms with van der Waals surface area (Å²) in [6.45, 7) is -0.246. The first-order valence-corrected chi connectivity index (χ1v) is 9.71. The largest absolute Gasteiger partial charge is 0.332 e. The average Bonchev–Trinajstić information content (AvgIpc) is 2.79. The third-order valence-corrected chi connectivity index (χ3v) is 4.90. The summed E-state index contributed by atoms with van der Waals surface area (Å²) in [6, 6.07) is 18.4. The molecule has 156 valence electrons. The third-order valence-electron chi connectivity index (χ3n) is 4.90. The molecule has 2 aromatic carbocycles. The molecule has 4 aromatic rings. The lowest BCUT2D eigenvalue weighted by Crippen LogP contribution is -2.42. The van der Waals surface area contributed by atoms with Crippen LogP contribution in [0.15, 0.2) is 82.5 Å². The van der Waals surface area contributed by atoms with Gasteiger partial charge in [-0.3, -0.25) is 18.7 Å². The number of amides is 1. The van der Waals surface area contributed by atoms with Gasteiger partial charge in [-0.15, -0.1) is 0 Å². The highest BCUT2D eigenvalue weighted by molar-refractivity contribution is 5.91. The van der Waals surface area contributed by atoms with Crippen molar-refractivity contribution in [3.63, 3.8) is 0 Å². The number of anilines is 1. The van der Waals surface area contributed by atoms with Crippen LogP contribution in [-0.2, 0) is 24.3 Å². The first kappa shape index (κ1) is 20.2. The number of carbonyl (C=O) groups is 1. The molecule has 7 nitrogen and oxygen atoms in total. The number of aryl methyl sites for hydroxylation is 1. The summed E-state index contributed by atoms with van der Waals surface area (Å²) >= 11 is 0. The number of hydrogen-bond donors (Lipinski definition) is 1. The zero-order valence-corrected chi connectivity index (χ0v) is 16.5. The zero-order chi connectivity index (χ0) is 21.8. The number of nitrogens with one attached hydrogen (secondary N) is 1. The molecule has 0 aliphatic rings. The molecule has 31 heavy (non-hydrogen) atoms. The van der Waals surface area contributed by atoms with Gasteiger partial charge < -0.3 is 5.32 Å². The van der Waals surface area contributed by atoms with Crippen LogP contribution in [0.2, 0.25) is 0 Å². The number of fused-ring (bicyclic) bond motifs is 1. The predicted octanol–water partition coefficient (Wildman–Crippen LogP) is 2.58. The Morgan fingerprint density at radius 1 is 0.935 bits per heavy atom. The number of halogens is 1. The molecule has 0 radical (unpaired) electrons. The smallest absolute Gasteiger partial charge is 0.322 e. The predicted molar refractivity (Wildman–Crippen MR) is 115 cm³/mol. The van der Waals surface area contributed by atoms with Gasteiger partial charge in [-0.25, -0.2) is 14.2 Å². The Kier molecular flexibility index (Phi) is 5.70. The van der Waals surface area contributed by atoms with E-state index in [0.717, 1.165) is 10.1 Å². The highest BCUT2D eigenvalue weighted by atomic mass is 19.1. The van der Waals surface area contributed by atoms with Crippen LogP contribution in [0.25, 0.3) is 11.0 Å². The minimum atomic E-state index is -0.620. The number of hydrogen-bond acceptors (Lipinski definition) is 4. The second kappa shape index (κ2) is 8.74. The molecule has 0 saturated carbocycles. The van der Waals surface area contributed by atoms with E-state index < -0.39 is 23.0 Å². The lowest BCUT2D eigenvalue weighted by molar-refractivity contribution is -0.116. The van der Waals surface area contributed by atoms with Crippen molar-refractivity contribution in [1.29, 1.82) is 0 Å². The van der Waals surface area contributed by atoms with E-state index in [4.69, 9.17) is 0 Å². The van der Waals surface area contributed by atoms with E-state index in [-0.39, 0.29) is 29.8 Å². The monoisotopic (exact) mass is 418 g/mol. The van der Waals surface area contributed by atoms with Gasteiger partial charge in [0, 0.05) is 12.7 Å². The van der Waals surface area contributed by atoms with Gasteiger partial charge in [0.25, 0.3) is 5.56 Å². The standard InChI is InChI=1S/C23H19FN4O3/c24-17-9-4-5-10-18(17)26-20(29)15-28-19-11-6-13-25-21(19)22(30)27(23(28)31)14-12-16-7-2-1-3-8-16/h1-11,13H,12,14-15H2,(H,26,29). The van der Waals surface area contributed by atoms with Crippen LogP contribution >= 0.6 is 0 Å². The molecule has 0 saturated heterocycles. The molecule has 0 fully saturated rings. The van der Waals surface area contributed by atoms with E-state index >= 15 is 0 Å². The minimum absolute atomic E-state index is 0.0142. The maximum Gasteiger partial charge on any atom is 0.332 e. The number of rotatable bonds is 6. The average molecular weight is 418 g/mol. The first-order chi connectivity index (χ1) is 15.0. The van der Waals surface area contributed by atoms with Crippen molar-refractivity contribution in [3.05, 3.63) is 105 Å². The molecule has 0 aliphatic heterocycles. The number of carbonyl (C=O) groups excluding carboxylic acids is 1. The molecule has 0 aliphatic carbocycles. The van der Waals surface area contributed by atoms with Crippen molar-refractivity contribution in [2.75, 3.05) is 5.32 Å². The lowest BCUT2D eigenvalue weighted by Gasteiger charge is -2.14. The van der Waals surface area contributed by atoms with Crippen molar-refractivity contribution in [1.82, 2.24) is 14.1 Å². The van der Waals surface area contributed by atoms with E-state index in [1.807, 2.05) is 30.3 Å². The SMILES string of the molecule is O=C(Cn1c(=O)n(CCc2ccccc2)c(=O)c2ncccc21)Nc1ccccc1F. The van der Waals surface area contributed by atoms with E-state index in [0.29, 0.717) is 6.42 Å². The Labute approximate surface area is 176 Å². The highest BCUT2D eigenvalue weighted by Crippen LogP contribution is 2.13.